The third-order valence-corrected chi connectivity index (χ3v) is 7.25. The molecule has 196 valence electrons. The van der Waals surface area contributed by atoms with Crippen LogP contribution in [0.4, 0.5) is 17.3 Å². The summed E-state index contributed by atoms with van der Waals surface area (Å²) in [6, 6.07) is 7.26. The number of rotatable bonds is 6. The van der Waals surface area contributed by atoms with E-state index in [2.05, 4.69) is 25.5 Å². The zero-order chi connectivity index (χ0) is 25.9. The van der Waals surface area contributed by atoms with E-state index in [4.69, 9.17) is 20.8 Å². The number of nitrogens with one attached hydrogen (secondary N) is 2. The second-order valence-corrected chi connectivity index (χ2v) is 10.1. The molecule has 3 aromatic rings. The van der Waals surface area contributed by atoms with Crippen LogP contribution in [0, 0.1) is 5.92 Å². The molecule has 2 fully saturated rings. The van der Waals surface area contributed by atoms with Crippen LogP contribution in [0.25, 0.3) is 11.1 Å². The van der Waals surface area contributed by atoms with Crippen molar-refractivity contribution in [2.75, 3.05) is 55.9 Å². The second-order valence-electron chi connectivity index (χ2n) is 9.68. The van der Waals surface area contributed by atoms with E-state index in [1.54, 1.807) is 24.3 Å². The third-order valence-electron chi connectivity index (χ3n) is 7.03. The number of furan rings is 1. The number of amides is 2. The fourth-order valence-electron chi connectivity index (χ4n) is 4.98. The molecule has 0 unspecified atom stereocenters. The van der Waals surface area contributed by atoms with Crippen LogP contribution >= 0.6 is 11.6 Å². The number of carbonyl (C=O) groups is 2. The van der Waals surface area contributed by atoms with Crippen LogP contribution in [0.1, 0.15) is 36.2 Å². The maximum Gasteiger partial charge on any atom is 0.294 e. The molecule has 4 heterocycles. The van der Waals surface area contributed by atoms with E-state index in [1.165, 1.54) is 6.20 Å². The van der Waals surface area contributed by atoms with Gasteiger partial charge in [0.2, 0.25) is 11.7 Å². The lowest BCUT2D eigenvalue weighted by Crippen LogP contribution is -2.45. The van der Waals surface area contributed by atoms with Crippen molar-refractivity contribution in [3.05, 3.63) is 41.2 Å². The van der Waals surface area contributed by atoms with Gasteiger partial charge < -0.3 is 24.7 Å². The van der Waals surface area contributed by atoms with Crippen molar-refractivity contribution < 1.29 is 18.7 Å². The summed E-state index contributed by atoms with van der Waals surface area (Å²) >= 11 is 5.91. The van der Waals surface area contributed by atoms with E-state index >= 15 is 0 Å². The Morgan fingerprint density at radius 1 is 1.05 bits per heavy atom. The minimum Gasteiger partial charge on any atom is -0.447 e. The highest BCUT2D eigenvalue weighted by atomic mass is 35.5. The smallest absolute Gasteiger partial charge is 0.294 e. The molecule has 0 bridgehead atoms. The molecule has 0 aromatic carbocycles. The SMILES string of the molecule is CN(C)c1ccc2oc(C(=O)Nc3ccc(Cl)cn3)c(NC(=O)[C@H]3CC[C@H](N4CCOCC4)CC3)c2n1. The van der Waals surface area contributed by atoms with Crippen molar-refractivity contribution in [3.63, 3.8) is 0 Å². The van der Waals surface area contributed by atoms with Gasteiger partial charge in [-0.15, -0.1) is 0 Å². The highest BCUT2D eigenvalue weighted by molar-refractivity contribution is 6.30. The summed E-state index contributed by atoms with van der Waals surface area (Å²) in [6.07, 6.45) is 4.94. The zero-order valence-electron chi connectivity index (χ0n) is 21.0. The highest BCUT2D eigenvalue weighted by Gasteiger charge is 2.32. The average Bonchev–Trinajstić information content (AvgIpc) is 3.28. The van der Waals surface area contributed by atoms with Crippen LogP contribution in [0.15, 0.2) is 34.9 Å². The molecule has 0 radical (unpaired) electrons. The molecule has 2 aliphatic rings. The first-order valence-corrected chi connectivity index (χ1v) is 12.9. The number of nitrogens with zero attached hydrogens (tertiary/aromatic N) is 4. The summed E-state index contributed by atoms with van der Waals surface area (Å²) in [5.41, 5.74) is 1.10. The highest BCUT2D eigenvalue weighted by Crippen LogP contribution is 2.34. The lowest BCUT2D eigenvalue weighted by Gasteiger charge is -2.38. The van der Waals surface area contributed by atoms with Crippen molar-refractivity contribution in [3.8, 4) is 0 Å². The molecule has 5 rings (SSSR count). The molecule has 1 aliphatic heterocycles. The van der Waals surface area contributed by atoms with Crippen molar-refractivity contribution in [2.24, 2.45) is 5.92 Å². The van der Waals surface area contributed by atoms with Crippen molar-refractivity contribution in [1.82, 2.24) is 14.9 Å². The van der Waals surface area contributed by atoms with Gasteiger partial charge in [0.05, 0.1) is 18.2 Å². The predicted octanol–water partition coefficient (Wildman–Crippen LogP) is 4.02. The number of hydrogen-bond acceptors (Lipinski definition) is 8. The van der Waals surface area contributed by atoms with Gasteiger partial charge in [-0.1, -0.05) is 11.6 Å². The lowest BCUT2D eigenvalue weighted by molar-refractivity contribution is -0.121. The number of anilines is 3. The summed E-state index contributed by atoms with van der Waals surface area (Å²) in [6.45, 7) is 3.44. The van der Waals surface area contributed by atoms with E-state index in [1.807, 2.05) is 19.0 Å². The number of pyridine rings is 2. The lowest BCUT2D eigenvalue weighted by atomic mass is 9.84. The largest absolute Gasteiger partial charge is 0.447 e. The van der Waals surface area contributed by atoms with Crippen molar-refractivity contribution in [1.29, 1.82) is 0 Å². The van der Waals surface area contributed by atoms with Gasteiger partial charge in [0.15, 0.2) is 5.58 Å². The Hall–Kier alpha value is -3.21. The van der Waals surface area contributed by atoms with Gasteiger partial charge in [-0.2, -0.15) is 0 Å². The fraction of sp³-hybridized carbons (Fsp3) is 0.462. The van der Waals surface area contributed by atoms with Crippen LogP contribution < -0.4 is 15.5 Å². The third kappa shape index (κ3) is 5.71. The Morgan fingerprint density at radius 2 is 1.81 bits per heavy atom. The average molecular weight is 527 g/mol. The van der Waals surface area contributed by atoms with Crippen LogP contribution in [-0.4, -0.2) is 73.1 Å². The van der Waals surface area contributed by atoms with Crippen LogP contribution in [-0.2, 0) is 9.53 Å². The number of hydrogen-bond donors (Lipinski definition) is 2. The minimum atomic E-state index is -0.537. The first-order chi connectivity index (χ1) is 17.9. The maximum atomic E-state index is 13.4. The standard InChI is InChI=1S/C26H31ClN6O4/c1-32(2)21-10-8-19-22(30-21)23(24(37-19)26(35)29-20-9-5-17(27)15-28-20)31-25(34)16-3-6-18(7-4-16)33-11-13-36-14-12-33/h5,8-10,15-16,18H,3-4,6-7,11-14H2,1-2H3,(H,31,34)(H,28,29,35)/t16-,18-. The molecule has 0 atom stereocenters. The Kier molecular flexibility index (Phi) is 7.59. The fourth-order valence-corrected chi connectivity index (χ4v) is 5.10. The molecule has 0 spiro atoms. The molecule has 2 amide bonds. The molecule has 2 N–H and O–H groups in total. The number of carbonyl (C=O) groups excluding carboxylic acids is 2. The van der Waals surface area contributed by atoms with Gasteiger partial charge in [-0.05, 0) is 49.9 Å². The summed E-state index contributed by atoms with van der Waals surface area (Å²) in [5.74, 6) is 0.166. The molecule has 1 saturated heterocycles. The first-order valence-electron chi connectivity index (χ1n) is 12.6. The molecule has 1 aliphatic carbocycles. The normalized spacial score (nSPS) is 20.5. The van der Waals surface area contributed by atoms with Crippen molar-refractivity contribution >= 4 is 51.8 Å². The number of morpholine rings is 1. The number of ether oxygens (including phenoxy) is 1. The Bertz CT molecular complexity index is 1260. The van der Waals surface area contributed by atoms with E-state index in [0.29, 0.717) is 33.8 Å². The molecule has 10 nitrogen and oxygen atoms in total. The van der Waals surface area contributed by atoms with Gasteiger partial charge in [0, 0.05) is 45.3 Å². The Balaban J connectivity index is 1.36. The molecular formula is C26H31ClN6O4. The van der Waals surface area contributed by atoms with Crippen LogP contribution in [0.3, 0.4) is 0 Å². The first kappa shape index (κ1) is 25.4. The number of fused-ring (bicyclic) bond motifs is 1. The van der Waals surface area contributed by atoms with Gasteiger partial charge >= 0.3 is 0 Å². The van der Waals surface area contributed by atoms with E-state index in [9.17, 15) is 9.59 Å². The molecular weight excluding hydrogens is 496 g/mol. The predicted molar refractivity (Wildman–Crippen MR) is 142 cm³/mol. The van der Waals surface area contributed by atoms with E-state index in [0.717, 1.165) is 52.0 Å². The monoisotopic (exact) mass is 526 g/mol. The molecule has 3 aromatic heterocycles. The summed E-state index contributed by atoms with van der Waals surface area (Å²) in [4.78, 5) is 39.7. The number of halogens is 1. The maximum absolute atomic E-state index is 13.4. The molecule has 11 heteroatoms. The van der Waals surface area contributed by atoms with Gasteiger partial charge in [-0.25, -0.2) is 9.97 Å². The Morgan fingerprint density at radius 3 is 2.49 bits per heavy atom. The molecule has 37 heavy (non-hydrogen) atoms. The summed E-state index contributed by atoms with van der Waals surface area (Å²) in [7, 11) is 3.75. The zero-order valence-corrected chi connectivity index (χ0v) is 21.8. The van der Waals surface area contributed by atoms with E-state index < -0.39 is 5.91 Å². The van der Waals surface area contributed by atoms with Gasteiger partial charge in [-0.3, -0.25) is 14.5 Å². The van der Waals surface area contributed by atoms with Crippen molar-refractivity contribution in [2.45, 2.75) is 31.7 Å². The van der Waals surface area contributed by atoms with Gasteiger partial charge in [0.25, 0.3) is 5.91 Å². The summed E-state index contributed by atoms with van der Waals surface area (Å²) in [5, 5.41) is 6.16. The quantitative estimate of drug-likeness (QED) is 0.495. The minimum absolute atomic E-state index is 0.0227. The number of aromatic nitrogens is 2. The van der Waals surface area contributed by atoms with E-state index in [-0.39, 0.29) is 23.3 Å². The topological polar surface area (TPSA) is 113 Å². The Labute approximate surface area is 220 Å². The van der Waals surface area contributed by atoms with Gasteiger partial charge in [0.1, 0.15) is 22.8 Å². The van der Waals surface area contributed by atoms with Crippen LogP contribution in [0.2, 0.25) is 5.02 Å². The van der Waals surface area contributed by atoms with Crippen LogP contribution in [0.5, 0.6) is 0 Å². The second kappa shape index (κ2) is 11.0. The molecule has 1 saturated carbocycles. The summed E-state index contributed by atoms with van der Waals surface area (Å²) < 4.78 is 11.4.